The maximum absolute atomic E-state index is 12.3. The molecule has 0 radical (unpaired) electrons. The number of hydrogen-bond donors (Lipinski definition) is 0. The Bertz CT molecular complexity index is 641. The largest absolute Gasteiger partial charge is 0.454 e. The van der Waals surface area contributed by atoms with Gasteiger partial charge < -0.3 is 9.15 Å². The maximum Gasteiger partial charge on any atom is 0.394 e. The lowest BCUT2D eigenvalue weighted by molar-refractivity contribution is 0.0423. The van der Waals surface area contributed by atoms with E-state index in [9.17, 15) is 4.79 Å². The molecule has 1 aromatic heterocycles. The molecule has 0 aliphatic heterocycles. The first-order valence-electron chi connectivity index (χ1n) is 7.82. The standard InChI is InChI=1S/C19H25NO3/c1-18(2,3)14-15(19(4,5)6)23-16(20-14)17(21)22-12-13-10-8-7-9-11-13/h7-11H,12H2,1-6H3. The Morgan fingerprint density at radius 3 is 2.13 bits per heavy atom. The van der Waals surface area contributed by atoms with Crippen LogP contribution in [0.25, 0.3) is 0 Å². The third kappa shape index (κ3) is 4.21. The first-order chi connectivity index (χ1) is 10.6. The van der Waals surface area contributed by atoms with Crippen molar-refractivity contribution in [1.29, 1.82) is 0 Å². The van der Waals surface area contributed by atoms with Gasteiger partial charge in [-0.3, -0.25) is 0 Å². The smallest absolute Gasteiger partial charge is 0.394 e. The molecule has 0 saturated heterocycles. The van der Waals surface area contributed by atoms with E-state index in [2.05, 4.69) is 25.8 Å². The number of hydrogen-bond acceptors (Lipinski definition) is 4. The molecule has 0 unspecified atom stereocenters. The molecule has 1 aromatic carbocycles. The van der Waals surface area contributed by atoms with Gasteiger partial charge in [-0.15, -0.1) is 0 Å². The average Bonchev–Trinajstić information content (AvgIpc) is 2.91. The summed E-state index contributed by atoms with van der Waals surface area (Å²) in [6, 6.07) is 9.55. The summed E-state index contributed by atoms with van der Waals surface area (Å²) in [4.78, 5) is 16.7. The molecule has 0 spiro atoms. The minimum absolute atomic E-state index is 0.0239. The van der Waals surface area contributed by atoms with Crippen LogP contribution >= 0.6 is 0 Å². The zero-order chi connectivity index (χ0) is 17.3. The van der Waals surface area contributed by atoms with Crippen molar-refractivity contribution in [3.05, 3.63) is 53.2 Å². The van der Waals surface area contributed by atoms with E-state index in [1.807, 2.05) is 51.1 Å². The van der Waals surface area contributed by atoms with E-state index in [0.29, 0.717) is 0 Å². The predicted octanol–water partition coefficient (Wildman–Crippen LogP) is 4.63. The molecule has 4 nitrogen and oxygen atoms in total. The highest BCUT2D eigenvalue weighted by Gasteiger charge is 2.33. The second kappa shape index (κ2) is 6.19. The highest BCUT2D eigenvalue weighted by molar-refractivity contribution is 5.84. The molecule has 0 amide bonds. The monoisotopic (exact) mass is 315 g/mol. The molecule has 0 saturated carbocycles. The quantitative estimate of drug-likeness (QED) is 0.775. The van der Waals surface area contributed by atoms with Gasteiger partial charge in [0.25, 0.3) is 0 Å². The number of aromatic nitrogens is 1. The van der Waals surface area contributed by atoms with Crippen LogP contribution in [0.2, 0.25) is 0 Å². The van der Waals surface area contributed by atoms with Crippen molar-refractivity contribution < 1.29 is 13.9 Å². The van der Waals surface area contributed by atoms with E-state index >= 15 is 0 Å². The van der Waals surface area contributed by atoms with Crippen LogP contribution in [0, 0.1) is 0 Å². The van der Waals surface area contributed by atoms with E-state index in [-0.39, 0.29) is 23.3 Å². The SMILES string of the molecule is CC(C)(C)c1nc(C(=O)OCc2ccccc2)oc1C(C)(C)C. The minimum atomic E-state index is -0.533. The van der Waals surface area contributed by atoms with Crippen LogP contribution in [0.15, 0.2) is 34.7 Å². The van der Waals surface area contributed by atoms with Crippen molar-refractivity contribution in [3.8, 4) is 0 Å². The summed E-state index contributed by atoms with van der Waals surface area (Å²) < 4.78 is 11.1. The zero-order valence-electron chi connectivity index (χ0n) is 14.8. The van der Waals surface area contributed by atoms with Crippen molar-refractivity contribution in [3.63, 3.8) is 0 Å². The van der Waals surface area contributed by atoms with Crippen LogP contribution in [0.5, 0.6) is 0 Å². The molecule has 124 valence electrons. The van der Waals surface area contributed by atoms with Crippen LogP contribution in [-0.2, 0) is 22.2 Å². The highest BCUT2D eigenvalue weighted by Crippen LogP contribution is 2.34. The van der Waals surface area contributed by atoms with Gasteiger partial charge in [0.15, 0.2) is 0 Å². The van der Waals surface area contributed by atoms with Crippen molar-refractivity contribution in [2.75, 3.05) is 0 Å². The van der Waals surface area contributed by atoms with Gasteiger partial charge in [-0.05, 0) is 5.56 Å². The summed E-state index contributed by atoms with van der Waals surface area (Å²) in [5.41, 5.74) is 1.30. The molecule has 0 fully saturated rings. The molecule has 0 bridgehead atoms. The summed E-state index contributed by atoms with van der Waals surface area (Å²) in [5, 5.41) is 0. The van der Waals surface area contributed by atoms with Crippen molar-refractivity contribution in [2.24, 2.45) is 0 Å². The van der Waals surface area contributed by atoms with Gasteiger partial charge >= 0.3 is 11.9 Å². The molecule has 1 heterocycles. The summed E-state index contributed by atoms with van der Waals surface area (Å²) >= 11 is 0. The van der Waals surface area contributed by atoms with Gasteiger partial charge in [0.2, 0.25) is 0 Å². The zero-order valence-corrected chi connectivity index (χ0v) is 14.8. The Balaban J connectivity index is 2.23. The molecule has 23 heavy (non-hydrogen) atoms. The Kier molecular flexibility index (Phi) is 4.64. The summed E-state index contributed by atoms with van der Waals surface area (Å²) in [6.07, 6.45) is 0. The van der Waals surface area contributed by atoms with Crippen LogP contribution in [0.1, 0.15) is 69.2 Å². The molecule has 0 N–H and O–H groups in total. The summed E-state index contributed by atoms with van der Waals surface area (Å²) in [6.45, 7) is 12.5. The van der Waals surface area contributed by atoms with Crippen LogP contribution in [-0.4, -0.2) is 11.0 Å². The van der Waals surface area contributed by atoms with Gasteiger partial charge in [-0.1, -0.05) is 71.9 Å². The topological polar surface area (TPSA) is 52.3 Å². The van der Waals surface area contributed by atoms with Gasteiger partial charge in [-0.25, -0.2) is 9.78 Å². The molecular weight excluding hydrogens is 290 g/mol. The highest BCUT2D eigenvalue weighted by atomic mass is 16.5. The molecule has 0 aliphatic carbocycles. The summed E-state index contributed by atoms with van der Waals surface area (Å²) in [5.74, 6) is 0.224. The lowest BCUT2D eigenvalue weighted by Crippen LogP contribution is -2.20. The number of rotatable bonds is 3. The van der Waals surface area contributed by atoms with Gasteiger partial charge in [0.1, 0.15) is 12.4 Å². The average molecular weight is 315 g/mol. The normalized spacial score (nSPS) is 12.3. The van der Waals surface area contributed by atoms with Crippen LogP contribution in [0.3, 0.4) is 0 Å². The van der Waals surface area contributed by atoms with Crippen molar-refractivity contribution in [1.82, 2.24) is 4.98 Å². The van der Waals surface area contributed by atoms with E-state index in [4.69, 9.17) is 9.15 Å². The Morgan fingerprint density at radius 1 is 1.04 bits per heavy atom. The molecule has 2 aromatic rings. The third-order valence-electron chi connectivity index (χ3n) is 3.41. The minimum Gasteiger partial charge on any atom is -0.454 e. The molecule has 4 heteroatoms. The van der Waals surface area contributed by atoms with Crippen LogP contribution < -0.4 is 0 Å². The number of oxazole rings is 1. The molecule has 0 atom stereocenters. The van der Waals surface area contributed by atoms with E-state index in [0.717, 1.165) is 17.0 Å². The maximum atomic E-state index is 12.3. The van der Waals surface area contributed by atoms with E-state index in [1.54, 1.807) is 0 Å². The second-order valence-electron chi connectivity index (χ2n) is 7.76. The second-order valence-corrected chi connectivity index (χ2v) is 7.76. The Hall–Kier alpha value is -2.10. The number of ether oxygens (including phenoxy) is 1. The van der Waals surface area contributed by atoms with Crippen molar-refractivity contribution in [2.45, 2.75) is 59.0 Å². The first-order valence-corrected chi connectivity index (χ1v) is 7.82. The Labute approximate surface area is 137 Å². The van der Waals surface area contributed by atoms with Gasteiger partial charge in [-0.2, -0.15) is 0 Å². The lowest BCUT2D eigenvalue weighted by Gasteiger charge is -2.22. The molecule has 2 rings (SSSR count). The summed E-state index contributed by atoms with van der Waals surface area (Å²) in [7, 11) is 0. The fraction of sp³-hybridized carbons (Fsp3) is 0.474. The third-order valence-corrected chi connectivity index (χ3v) is 3.41. The predicted molar refractivity (Wildman–Crippen MR) is 89.5 cm³/mol. The number of nitrogens with zero attached hydrogens (tertiary/aromatic N) is 1. The van der Waals surface area contributed by atoms with E-state index in [1.165, 1.54) is 0 Å². The number of carbonyl (C=O) groups is 1. The molecule has 0 aliphatic rings. The first kappa shape index (κ1) is 17.3. The molecular formula is C19H25NO3. The number of benzene rings is 1. The van der Waals surface area contributed by atoms with Crippen LogP contribution in [0.4, 0.5) is 0 Å². The lowest BCUT2D eigenvalue weighted by atomic mass is 9.83. The van der Waals surface area contributed by atoms with Crippen molar-refractivity contribution >= 4 is 5.97 Å². The number of carbonyl (C=O) groups excluding carboxylic acids is 1. The van der Waals surface area contributed by atoms with Gasteiger partial charge in [0, 0.05) is 10.8 Å². The van der Waals surface area contributed by atoms with Gasteiger partial charge in [0.05, 0.1) is 5.69 Å². The van der Waals surface area contributed by atoms with E-state index < -0.39 is 5.97 Å². The number of esters is 1. The Morgan fingerprint density at radius 2 is 1.65 bits per heavy atom. The fourth-order valence-corrected chi connectivity index (χ4v) is 2.21. The fourth-order valence-electron chi connectivity index (χ4n) is 2.21.